The molecule has 1 N–H and O–H groups in total. The zero-order chi connectivity index (χ0) is 38.4. The fourth-order valence-corrected chi connectivity index (χ4v) is 10.6. The fraction of sp³-hybridized carbons (Fsp3) is 0.500. The minimum atomic E-state index is -3.74. The standard InChI is InChI=1S/C40H48ClN5O7S/c1-24-8-6-10-35(53-26(3)47)31-14-11-29(31)20-46-22-40(17-7-9-27-18-30(41)13-15-33(27)40)23-52-36-16-12-28(19-34(36)46)37(48)43-54(50,25(24)2)44-38(49)32-21-45(4)42-39(32)51-5/h6,10,12-13,15-16,18-19,21,24-25,29,31,35H,7-9,11,14,17,20,22-23H2,1-5H3,(H,43,44,48,49,50)/b10-6+/t24-,25+,29-,31+,35-,40-,54?/m0/s1. The number of carbonyl (C=O) groups excluding carboxylic acids is 3. The quantitative estimate of drug-likeness (QED) is 0.234. The first-order chi connectivity index (χ1) is 25.8. The Morgan fingerprint density at radius 2 is 1.96 bits per heavy atom. The van der Waals surface area contributed by atoms with Crippen LogP contribution >= 0.6 is 11.6 Å². The zero-order valence-electron chi connectivity index (χ0n) is 31.4. The molecular formula is C40H48ClN5O7S. The second kappa shape index (κ2) is 15.1. The molecule has 1 aromatic heterocycles. The maximum Gasteiger partial charge on any atom is 0.303 e. The molecule has 4 aliphatic rings. The van der Waals surface area contributed by atoms with E-state index in [9.17, 15) is 18.6 Å². The van der Waals surface area contributed by atoms with Crippen LogP contribution in [0.2, 0.25) is 5.02 Å². The van der Waals surface area contributed by atoms with Crippen LogP contribution in [0, 0.1) is 17.8 Å². The number of rotatable bonds is 4. The van der Waals surface area contributed by atoms with Crippen LogP contribution in [-0.4, -0.2) is 69.9 Å². The fourth-order valence-electron chi connectivity index (χ4n) is 8.52. The van der Waals surface area contributed by atoms with Crippen LogP contribution < -0.4 is 19.1 Å². The molecule has 1 fully saturated rings. The summed E-state index contributed by atoms with van der Waals surface area (Å²) < 4.78 is 41.2. The monoisotopic (exact) mass is 777 g/mol. The molecule has 1 saturated carbocycles. The van der Waals surface area contributed by atoms with Gasteiger partial charge in [-0.1, -0.05) is 30.7 Å². The first-order valence-electron chi connectivity index (χ1n) is 18.6. The van der Waals surface area contributed by atoms with E-state index in [1.165, 1.54) is 36.0 Å². The maximum atomic E-state index is 14.9. The van der Waals surface area contributed by atoms with Crippen molar-refractivity contribution in [2.75, 3.05) is 31.7 Å². The molecule has 1 spiro atoms. The van der Waals surface area contributed by atoms with Crippen molar-refractivity contribution in [3.8, 4) is 11.6 Å². The van der Waals surface area contributed by atoms with Crippen LogP contribution in [0.25, 0.3) is 0 Å². The Labute approximate surface area is 321 Å². The molecule has 7 atom stereocenters. The molecule has 12 nitrogen and oxygen atoms in total. The van der Waals surface area contributed by atoms with E-state index in [-0.39, 0.29) is 46.1 Å². The molecule has 3 heterocycles. The number of anilines is 1. The molecular weight excluding hydrogens is 730 g/mol. The van der Waals surface area contributed by atoms with Crippen molar-refractivity contribution < 1.29 is 32.8 Å². The summed E-state index contributed by atoms with van der Waals surface area (Å²) in [4.78, 5) is 42.6. The summed E-state index contributed by atoms with van der Waals surface area (Å²) in [5.74, 6) is -1.10. The number of carbonyl (C=O) groups is 3. The average Bonchev–Trinajstić information content (AvgIpc) is 3.44. The number of nitrogens with one attached hydrogen (secondary N) is 1. The number of amides is 2. The van der Waals surface area contributed by atoms with E-state index in [2.05, 4.69) is 31.2 Å². The van der Waals surface area contributed by atoms with Gasteiger partial charge < -0.3 is 19.1 Å². The number of aromatic nitrogens is 2. The number of halogens is 1. The Morgan fingerprint density at radius 3 is 2.70 bits per heavy atom. The van der Waals surface area contributed by atoms with Gasteiger partial charge in [-0.15, -0.1) is 9.46 Å². The largest absolute Gasteiger partial charge is 0.490 e. The van der Waals surface area contributed by atoms with Crippen molar-refractivity contribution >= 4 is 45.0 Å². The van der Waals surface area contributed by atoms with Gasteiger partial charge in [0.2, 0.25) is 5.88 Å². The molecule has 2 aliphatic heterocycles. The summed E-state index contributed by atoms with van der Waals surface area (Å²) in [6.45, 7) is 6.77. The molecule has 288 valence electrons. The lowest BCUT2D eigenvalue weighted by Gasteiger charge is -2.46. The van der Waals surface area contributed by atoms with E-state index in [0.29, 0.717) is 36.9 Å². The summed E-state index contributed by atoms with van der Waals surface area (Å²) in [7, 11) is -0.710. The van der Waals surface area contributed by atoms with Crippen LogP contribution in [0.5, 0.6) is 11.6 Å². The van der Waals surface area contributed by atoms with E-state index in [1.807, 2.05) is 25.1 Å². The molecule has 2 amide bonds. The van der Waals surface area contributed by atoms with Gasteiger partial charge in [0.1, 0.15) is 27.3 Å². The predicted molar refractivity (Wildman–Crippen MR) is 206 cm³/mol. The lowest BCUT2D eigenvalue weighted by Crippen LogP contribution is -2.49. The van der Waals surface area contributed by atoms with E-state index in [4.69, 9.17) is 25.8 Å². The Bertz CT molecular complexity index is 2130. The molecule has 2 aromatic carbocycles. The first kappa shape index (κ1) is 37.9. The smallest absolute Gasteiger partial charge is 0.303 e. The molecule has 2 bridgehead atoms. The van der Waals surface area contributed by atoms with Gasteiger partial charge in [0.25, 0.3) is 11.8 Å². The van der Waals surface area contributed by atoms with E-state index >= 15 is 0 Å². The van der Waals surface area contributed by atoms with Gasteiger partial charge in [0.05, 0.1) is 24.7 Å². The maximum absolute atomic E-state index is 14.9. The number of nitrogens with zero attached hydrogens (tertiary/aromatic N) is 4. The third kappa shape index (κ3) is 7.36. The summed E-state index contributed by atoms with van der Waals surface area (Å²) in [5.41, 5.74) is 3.14. The lowest BCUT2D eigenvalue weighted by atomic mass is 9.68. The van der Waals surface area contributed by atoms with Gasteiger partial charge in [-0.05, 0) is 105 Å². The van der Waals surface area contributed by atoms with Crippen molar-refractivity contribution in [2.24, 2.45) is 29.2 Å². The topological polar surface area (TPSA) is 141 Å². The molecule has 54 heavy (non-hydrogen) atoms. The Kier molecular flexibility index (Phi) is 10.6. The third-order valence-corrected chi connectivity index (χ3v) is 14.4. The van der Waals surface area contributed by atoms with Crippen molar-refractivity contribution in [3.63, 3.8) is 0 Å². The minimum Gasteiger partial charge on any atom is -0.490 e. The highest BCUT2D eigenvalue weighted by atomic mass is 35.5. The molecule has 3 aromatic rings. The van der Waals surface area contributed by atoms with Crippen LogP contribution in [0.1, 0.15) is 84.7 Å². The summed E-state index contributed by atoms with van der Waals surface area (Å²) in [6.07, 6.45) is 10.1. The Balaban J connectivity index is 1.34. The van der Waals surface area contributed by atoms with Crippen LogP contribution in [0.3, 0.4) is 0 Å². The number of hydrogen-bond acceptors (Lipinski definition) is 9. The van der Waals surface area contributed by atoms with E-state index < -0.39 is 33.1 Å². The predicted octanol–water partition coefficient (Wildman–Crippen LogP) is 6.45. The van der Waals surface area contributed by atoms with Gasteiger partial charge >= 0.3 is 5.97 Å². The van der Waals surface area contributed by atoms with Gasteiger partial charge in [-0.3, -0.25) is 23.8 Å². The second-order valence-corrected chi connectivity index (χ2v) is 18.0. The number of benzene rings is 2. The number of esters is 1. The highest BCUT2D eigenvalue weighted by molar-refractivity contribution is 7.93. The van der Waals surface area contributed by atoms with Gasteiger partial charge in [-0.25, -0.2) is 4.21 Å². The van der Waals surface area contributed by atoms with E-state index in [0.717, 1.165) is 37.8 Å². The van der Waals surface area contributed by atoms with Gasteiger partial charge in [0, 0.05) is 55.2 Å². The van der Waals surface area contributed by atoms with Crippen LogP contribution in [-0.2, 0) is 38.3 Å². The van der Waals surface area contributed by atoms with Crippen LogP contribution in [0.4, 0.5) is 5.69 Å². The summed E-state index contributed by atoms with van der Waals surface area (Å²) >= 11 is 6.46. The van der Waals surface area contributed by atoms with Crippen molar-refractivity contribution in [1.29, 1.82) is 0 Å². The van der Waals surface area contributed by atoms with Crippen LogP contribution in [0.15, 0.2) is 59.1 Å². The number of hydrogen-bond donors (Lipinski definition) is 1. The summed E-state index contributed by atoms with van der Waals surface area (Å²) in [5, 5.41) is 4.09. The Hall–Kier alpha value is -4.36. The van der Waals surface area contributed by atoms with Crippen molar-refractivity contribution in [2.45, 2.75) is 76.1 Å². The molecule has 2 aliphatic carbocycles. The lowest BCUT2D eigenvalue weighted by molar-refractivity contribution is -0.149. The molecule has 1 unspecified atom stereocenters. The number of methoxy groups -OCH3 is 1. The van der Waals surface area contributed by atoms with Crippen molar-refractivity contribution in [1.82, 2.24) is 14.5 Å². The number of ether oxygens (including phenoxy) is 3. The molecule has 0 saturated heterocycles. The number of aryl methyl sites for hydroxylation is 2. The molecule has 14 heteroatoms. The third-order valence-electron chi connectivity index (χ3n) is 11.8. The Morgan fingerprint density at radius 1 is 1.15 bits per heavy atom. The SMILES string of the molecule is COc1nn(C)cc1C(=O)NS1(=O)=NC(=O)c2ccc3c(c2)N(C[C@@H]2CC[C@H]2[C@@H](OC(C)=O)/C=C/C[C@H](C)[C@H]1C)C[C@@]1(CCCc2cc(Cl)ccc21)CO3. The molecule has 0 radical (unpaired) electrons. The number of fused-ring (bicyclic) bond motifs is 4. The second-order valence-electron chi connectivity index (χ2n) is 15.3. The van der Waals surface area contributed by atoms with Gasteiger partial charge in [0.15, 0.2) is 0 Å². The molecule has 7 rings (SSSR count). The summed E-state index contributed by atoms with van der Waals surface area (Å²) in [6, 6.07) is 11.3. The number of allylic oxidation sites excluding steroid dienone is 1. The zero-order valence-corrected chi connectivity index (χ0v) is 33.0. The minimum absolute atomic E-state index is 0.0549. The highest BCUT2D eigenvalue weighted by Crippen LogP contribution is 2.47. The van der Waals surface area contributed by atoms with Crippen molar-refractivity contribution in [3.05, 3.63) is 82.0 Å². The first-order valence-corrected chi connectivity index (χ1v) is 20.6. The van der Waals surface area contributed by atoms with Gasteiger partial charge in [-0.2, -0.15) is 0 Å². The van der Waals surface area contributed by atoms with E-state index in [1.54, 1.807) is 32.2 Å². The highest BCUT2D eigenvalue weighted by Gasteiger charge is 2.45. The average molecular weight is 778 g/mol. The normalized spacial score (nSPS) is 30.0.